The smallest absolute Gasteiger partial charge is 0.252 e. The predicted octanol–water partition coefficient (Wildman–Crippen LogP) is 1.52. The van der Waals surface area contributed by atoms with Crippen LogP contribution in [0.3, 0.4) is 0 Å². The summed E-state index contributed by atoms with van der Waals surface area (Å²) in [6.07, 6.45) is 5.15. The minimum atomic E-state index is -0.556. The minimum absolute atomic E-state index is 0.164. The molecule has 0 radical (unpaired) electrons. The summed E-state index contributed by atoms with van der Waals surface area (Å²) in [4.78, 5) is 13.8. The molecule has 7 heteroatoms. The third-order valence-corrected chi connectivity index (χ3v) is 3.63. The molecule has 1 aromatic heterocycles. The Morgan fingerprint density at radius 2 is 2.00 bits per heavy atom. The highest BCUT2D eigenvalue weighted by Crippen LogP contribution is 2.14. The molecule has 3 N–H and O–H groups in total. The maximum absolute atomic E-state index is 11.3. The van der Waals surface area contributed by atoms with E-state index in [0.717, 1.165) is 19.6 Å². The molecule has 1 aliphatic heterocycles. The Morgan fingerprint density at radius 3 is 2.65 bits per heavy atom. The molecule has 1 saturated heterocycles. The minimum Gasteiger partial charge on any atom is -0.367 e. The number of hydrogen-bond donors (Lipinski definition) is 2. The van der Waals surface area contributed by atoms with Crippen LogP contribution in [0.4, 0.5) is 5.82 Å². The van der Waals surface area contributed by atoms with Gasteiger partial charge >= 0.3 is 0 Å². The summed E-state index contributed by atoms with van der Waals surface area (Å²) in [6.45, 7) is 3.90. The summed E-state index contributed by atoms with van der Waals surface area (Å²) >= 11 is 5.72. The first-order chi connectivity index (χ1) is 9.66. The SMILES string of the molecule is NC(=O)c1cc(Cl)nnc1NCCN1CCCCCC1. The maximum atomic E-state index is 11.3. The number of anilines is 1. The summed E-state index contributed by atoms with van der Waals surface area (Å²) in [6, 6.07) is 1.44. The summed E-state index contributed by atoms with van der Waals surface area (Å²) in [5.74, 6) is -0.157. The molecule has 2 heterocycles. The van der Waals surface area contributed by atoms with Crippen molar-refractivity contribution >= 4 is 23.3 Å². The average Bonchev–Trinajstić information content (AvgIpc) is 2.69. The van der Waals surface area contributed by atoms with Crippen molar-refractivity contribution in [2.24, 2.45) is 5.73 Å². The van der Waals surface area contributed by atoms with E-state index in [4.69, 9.17) is 17.3 Å². The van der Waals surface area contributed by atoms with Crippen LogP contribution in [0.2, 0.25) is 5.15 Å². The van der Waals surface area contributed by atoms with Gasteiger partial charge in [-0.25, -0.2) is 0 Å². The van der Waals surface area contributed by atoms with Crippen LogP contribution in [-0.4, -0.2) is 47.2 Å². The lowest BCUT2D eigenvalue weighted by molar-refractivity contribution is 0.100. The first kappa shape index (κ1) is 15.0. The van der Waals surface area contributed by atoms with Crippen molar-refractivity contribution in [3.63, 3.8) is 0 Å². The largest absolute Gasteiger partial charge is 0.367 e. The second kappa shape index (κ2) is 7.40. The molecule has 0 spiro atoms. The van der Waals surface area contributed by atoms with Gasteiger partial charge in [0.2, 0.25) is 0 Å². The van der Waals surface area contributed by atoms with E-state index in [2.05, 4.69) is 20.4 Å². The molecule has 20 heavy (non-hydrogen) atoms. The molecule has 110 valence electrons. The number of nitrogens with zero attached hydrogens (tertiary/aromatic N) is 3. The lowest BCUT2D eigenvalue weighted by Gasteiger charge is -2.20. The Bertz CT molecular complexity index is 460. The van der Waals surface area contributed by atoms with Crippen LogP contribution >= 0.6 is 11.6 Å². The van der Waals surface area contributed by atoms with Crippen molar-refractivity contribution in [1.29, 1.82) is 0 Å². The normalized spacial score (nSPS) is 16.6. The molecule has 0 aliphatic carbocycles. The van der Waals surface area contributed by atoms with E-state index in [1.165, 1.54) is 31.7 Å². The molecule has 1 aliphatic rings. The number of aromatic nitrogens is 2. The second-order valence-electron chi connectivity index (χ2n) is 4.98. The van der Waals surface area contributed by atoms with E-state index < -0.39 is 5.91 Å². The monoisotopic (exact) mass is 297 g/mol. The first-order valence-electron chi connectivity index (χ1n) is 6.96. The number of rotatable bonds is 5. The van der Waals surface area contributed by atoms with Crippen molar-refractivity contribution in [1.82, 2.24) is 15.1 Å². The van der Waals surface area contributed by atoms with Gasteiger partial charge in [-0.2, -0.15) is 0 Å². The number of primary amides is 1. The number of carbonyl (C=O) groups is 1. The van der Waals surface area contributed by atoms with Crippen LogP contribution in [0.25, 0.3) is 0 Å². The predicted molar refractivity (Wildman–Crippen MR) is 79.0 cm³/mol. The van der Waals surface area contributed by atoms with Crippen molar-refractivity contribution in [2.75, 3.05) is 31.5 Å². The summed E-state index contributed by atoms with van der Waals surface area (Å²) in [7, 11) is 0. The molecule has 6 nitrogen and oxygen atoms in total. The van der Waals surface area contributed by atoms with Crippen molar-refractivity contribution < 1.29 is 4.79 Å². The number of hydrogen-bond acceptors (Lipinski definition) is 5. The third-order valence-electron chi connectivity index (χ3n) is 3.45. The van der Waals surface area contributed by atoms with Gasteiger partial charge in [-0.3, -0.25) is 4.79 Å². The van der Waals surface area contributed by atoms with Crippen LogP contribution < -0.4 is 11.1 Å². The van der Waals surface area contributed by atoms with Crippen LogP contribution in [0.1, 0.15) is 36.0 Å². The molecule has 1 amide bonds. The zero-order chi connectivity index (χ0) is 14.4. The van der Waals surface area contributed by atoms with Gasteiger partial charge in [0, 0.05) is 13.1 Å². The Morgan fingerprint density at radius 1 is 1.30 bits per heavy atom. The van der Waals surface area contributed by atoms with Gasteiger partial charge in [-0.15, -0.1) is 10.2 Å². The van der Waals surface area contributed by atoms with Gasteiger partial charge in [-0.1, -0.05) is 24.4 Å². The van der Waals surface area contributed by atoms with Crippen LogP contribution in [0.15, 0.2) is 6.07 Å². The van der Waals surface area contributed by atoms with Crippen molar-refractivity contribution in [3.8, 4) is 0 Å². The van der Waals surface area contributed by atoms with Gasteiger partial charge in [0.25, 0.3) is 5.91 Å². The zero-order valence-electron chi connectivity index (χ0n) is 11.4. The molecular formula is C13H20ClN5O. The fourth-order valence-electron chi connectivity index (χ4n) is 2.38. The zero-order valence-corrected chi connectivity index (χ0v) is 12.2. The molecule has 0 aromatic carbocycles. The number of halogens is 1. The Kier molecular flexibility index (Phi) is 5.55. The average molecular weight is 298 g/mol. The van der Waals surface area contributed by atoms with Crippen molar-refractivity contribution in [2.45, 2.75) is 25.7 Å². The standard InChI is InChI=1S/C13H20ClN5O/c14-11-9-10(12(15)20)13(18-17-11)16-5-8-19-6-3-1-2-4-7-19/h9H,1-8H2,(H2,15,20)(H,16,18). The van der Waals surface area contributed by atoms with E-state index in [1.54, 1.807) is 0 Å². The van der Waals surface area contributed by atoms with E-state index >= 15 is 0 Å². The molecule has 2 rings (SSSR count). The first-order valence-corrected chi connectivity index (χ1v) is 7.34. The van der Waals surface area contributed by atoms with Gasteiger partial charge < -0.3 is 16.0 Å². The molecule has 0 bridgehead atoms. The van der Waals surface area contributed by atoms with Gasteiger partial charge in [0.15, 0.2) is 11.0 Å². The number of nitrogens with one attached hydrogen (secondary N) is 1. The lowest BCUT2D eigenvalue weighted by Crippen LogP contribution is -2.30. The molecule has 0 atom stereocenters. The van der Waals surface area contributed by atoms with E-state index in [1.807, 2.05) is 0 Å². The van der Waals surface area contributed by atoms with Crippen LogP contribution in [0, 0.1) is 0 Å². The fraction of sp³-hybridized carbons (Fsp3) is 0.615. The Hall–Kier alpha value is -1.40. The third kappa shape index (κ3) is 4.31. The summed E-state index contributed by atoms with van der Waals surface area (Å²) in [5.41, 5.74) is 5.58. The summed E-state index contributed by atoms with van der Waals surface area (Å²) < 4.78 is 0. The van der Waals surface area contributed by atoms with Crippen LogP contribution in [0.5, 0.6) is 0 Å². The number of carbonyl (C=O) groups excluding carboxylic acids is 1. The quantitative estimate of drug-likeness (QED) is 0.861. The van der Waals surface area contributed by atoms with Crippen molar-refractivity contribution in [3.05, 3.63) is 16.8 Å². The highest BCUT2D eigenvalue weighted by Gasteiger charge is 2.12. The highest BCUT2D eigenvalue weighted by atomic mass is 35.5. The maximum Gasteiger partial charge on any atom is 0.252 e. The molecule has 0 unspecified atom stereocenters. The Balaban J connectivity index is 1.88. The van der Waals surface area contributed by atoms with E-state index in [9.17, 15) is 4.79 Å². The molecular weight excluding hydrogens is 278 g/mol. The fourth-order valence-corrected chi connectivity index (χ4v) is 2.53. The van der Waals surface area contributed by atoms with E-state index in [-0.39, 0.29) is 10.7 Å². The highest BCUT2D eigenvalue weighted by molar-refractivity contribution is 6.29. The summed E-state index contributed by atoms with van der Waals surface area (Å²) in [5, 5.41) is 10.9. The van der Waals surface area contributed by atoms with Gasteiger partial charge in [-0.05, 0) is 32.0 Å². The number of amides is 1. The Labute approximate surface area is 123 Å². The van der Waals surface area contributed by atoms with Crippen LogP contribution in [-0.2, 0) is 0 Å². The van der Waals surface area contributed by atoms with Gasteiger partial charge in [0.05, 0.1) is 5.56 Å². The lowest BCUT2D eigenvalue weighted by atomic mass is 10.2. The molecule has 0 saturated carbocycles. The number of nitrogens with two attached hydrogens (primary N) is 1. The van der Waals surface area contributed by atoms with E-state index in [0.29, 0.717) is 12.4 Å². The number of likely N-dealkylation sites (tertiary alicyclic amines) is 1. The molecule has 1 aromatic rings. The topological polar surface area (TPSA) is 84.1 Å². The van der Waals surface area contributed by atoms with Gasteiger partial charge in [0.1, 0.15) is 0 Å². The second-order valence-corrected chi connectivity index (χ2v) is 5.36. The molecule has 1 fully saturated rings.